The van der Waals surface area contributed by atoms with E-state index in [0.717, 1.165) is 0 Å². The Balaban J connectivity index is 1.35. The Hall–Kier alpha value is -6.48. The summed E-state index contributed by atoms with van der Waals surface area (Å²) >= 11 is 0. The fraction of sp³-hybridized carbons (Fsp3) is 0. The summed E-state index contributed by atoms with van der Waals surface area (Å²) in [5.74, 6) is 0. The first kappa shape index (κ1) is 30.4. The lowest BCUT2D eigenvalue weighted by Crippen LogP contribution is -2.75. The molecular formula is C50H35NSi. The molecule has 1 nitrogen and oxygen atoms in total. The number of fused-ring (bicyclic) bond motifs is 5. The summed E-state index contributed by atoms with van der Waals surface area (Å²) in [7, 11) is -2.87. The third kappa shape index (κ3) is 4.55. The number of nitrogens with zero attached hydrogens (tertiary/aromatic N) is 1. The predicted octanol–water partition coefficient (Wildman–Crippen LogP) is 10.1. The summed E-state index contributed by atoms with van der Waals surface area (Å²) in [5.41, 5.74) is 6.12. The van der Waals surface area contributed by atoms with Crippen LogP contribution in [0.2, 0.25) is 0 Å². The van der Waals surface area contributed by atoms with Crippen LogP contribution in [0.5, 0.6) is 0 Å². The molecule has 0 saturated carbocycles. The quantitative estimate of drug-likeness (QED) is 0.0938. The van der Waals surface area contributed by atoms with E-state index in [0.29, 0.717) is 0 Å². The van der Waals surface area contributed by atoms with Crippen LogP contribution >= 0.6 is 0 Å². The first-order valence-electron chi connectivity index (χ1n) is 18.0. The Kier molecular flexibility index (Phi) is 7.23. The van der Waals surface area contributed by atoms with E-state index < -0.39 is 8.07 Å². The molecule has 0 fully saturated rings. The minimum atomic E-state index is -2.87. The van der Waals surface area contributed by atoms with Gasteiger partial charge in [-0.05, 0) is 83.8 Å². The summed E-state index contributed by atoms with van der Waals surface area (Å²) in [5, 5.41) is 13.3. The Morgan fingerprint density at radius 2 is 0.712 bits per heavy atom. The van der Waals surface area contributed by atoms with Crippen molar-refractivity contribution in [1.82, 2.24) is 4.57 Å². The first-order valence-corrected chi connectivity index (χ1v) is 20.0. The highest BCUT2D eigenvalue weighted by Crippen LogP contribution is 2.40. The van der Waals surface area contributed by atoms with Crippen LogP contribution in [0.25, 0.3) is 60.2 Å². The van der Waals surface area contributed by atoms with Crippen LogP contribution in [-0.2, 0) is 0 Å². The molecule has 0 radical (unpaired) electrons. The van der Waals surface area contributed by atoms with E-state index in [2.05, 4.69) is 217 Å². The fourth-order valence-electron chi connectivity index (χ4n) is 8.82. The minimum Gasteiger partial charge on any atom is -0.309 e. The summed E-state index contributed by atoms with van der Waals surface area (Å²) in [4.78, 5) is 0. The van der Waals surface area contributed by atoms with Crippen LogP contribution in [0.3, 0.4) is 0 Å². The van der Waals surface area contributed by atoms with Crippen LogP contribution in [0.4, 0.5) is 0 Å². The predicted molar refractivity (Wildman–Crippen MR) is 225 cm³/mol. The monoisotopic (exact) mass is 677 g/mol. The molecule has 52 heavy (non-hydrogen) atoms. The van der Waals surface area contributed by atoms with Crippen molar-refractivity contribution in [2.24, 2.45) is 0 Å². The third-order valence-corrected chi connectivity index (χ3v) is 15.8. The molecule has 0 aliphatic carbocycles. The summed E-state index contributed by atoms with van der Waals surface area (Å²) in [6.07, 6.45) is 0. The first-order chi connectivity index (χ1) is 25.8. The molecule has 0 bridgehead atoms. The standard InChI is InChI=1S/C50H35NSi/c1-5-19-37(20-6-1)51-47-32-18-17-27-41(47)46-35-36(33-34-48(46)51)49-42-28-13-15-30-44(42)50(45-31-16-14-29-43(45)49)52(38-21-7-2-8-22-38,39-23-9-3-10-24-39)40-25-11-4-12-26-40/h1-35H. The Bertz CT molecular complexity index is 2720. The van der Waals surface area contributed by atoms with Crippen molar-refractivity contribution < 1.29 is 0 Å². The second kappa shape index (κ2) is 12.4. The number of para-hydroxylation sites is 2. The molecule has 0 atom stereocenters. The zero-order chi connectivity index (χ0) is 34.5. The van der Waals surface area contributed by atoms with E-state index in [1.54, 1.807) is 0 Å². The Labute approximate surface area is 304 Å². The van der Waals surface area contributed by atoms with Crippen molar-refractivity contribution in [2.45, 2.75) is 0 Å². The lowest BCUT2D eigenvalue weighted by atomic mass is 9.91. The van der Waals surface area contributed by atoms with Crippen molar-refractivity contribution in [2.75, 3.05) is 0 Å². The number of hydrogen-bond donors (Lipinski definition) is 0. The van der Waals surface area contributed by atoms with Crippen molar-refractivity contribution >= 4 is 72.2 Å². The van der Waals surface area contributed by atoms with Crippen molar-refractivity contribution in [3.63, 3.8) is 0 Å². The van der Waals surface area contributed by atoms with E-state index in [-0.39, 0.29) is 0 Å². The SMILES string of the molecule is c1ccc(-n2c3ccccc3c3cc(-c4c5ccccc5c([Si](c5ccccc5)(c5ccccc5)c5ccccc5)c5ccccc45)ccc32)cc1. The third-order valence-electron chi connectivity index (χ3n) is 10.9. The van der Waals surface area contributed by atoms with E-state index >= 15 is 0 Å². The minimum absolute atomic E-state index is 1.17. The zero-order valence-electron chi connectivity index (χ0n) is 28.7. The molecule has 0 amide bonds. The fourth-order valence-corrected chi connectivity index (χ4v) is 14.0. The highest BCUT2D eigenvalue weighted by Gasteiger charge is 2.44. The Morgan fingerprint density at radius 3 is 1.23 bits per heavy atom. The summed E-state index contributed by atoms with van der Waals surface area (Å²) < 4.78 is 2.40. The Morgan fingerprint density at radius 1 is 0.308 bits per heavy atom. The van der Waals surface area contributed by atoms with Crippen molar-refractivity contribution in [3.8, 4) is 16.8 Å². The normalized spacial score (nSPS) is 11.8. The van der Waals surface area contributed by atoms with Gasteiger partial charge in [0.1, 0.15) is 0 Å². The van der Waals surface area contributed by atoms with Crippen molar-refractivity contribution in [1.29, 1.82) is 0 Å². The van der Waals surface area contributed by atoms with Gasteiger partial charge in [-0.3, -0.25) is 0 Å². The average Bonchev–Trinajstić information content (AvgIpc) is 3.56. The van der Waals surface area contributed by atoms with Gasteiger partial charge in [-0.2, -0.15) is 0 Å². The molecule has 1 aromatic heterocycles. The van der Waals surface area contributed by atoms with Gasteiger partial charge in [-0.15, -0.1) is 0 Å². The molecule has 10 aromatic rings. The summed E-state index contributed by atoms with van der Waals surface area (Å²) in [6, 6.07) is 78.8. The molecular weight excluding hydrogens is 643 g/mol. The summed E-state index contributed by atoms with van der Waals surface area (Å²) in [6.45, 7) is 0. The maximum atomic E-state index is 2.43. The molecule has 0 aliphatic rings. The van der Waals surface area contributed by atoms with E-state index in [4.69, 9.17) is 0 Å². The van der Waals surface area contributed by atoms with Crippen LogP contribution in [0.1, 0.15) is 0 Å². The lowest BCUT2D eigenvalue weighted by molar-refractivity contribution is 1.18. The molecule has 10 rings (SSSR count). The van der Waals surface area contributed by atoms with Gasteiger partial charge in [0.2, 0.25) is 0 Å². The van der Waals surface area contributed by atoms with Gasteiger partial charge in [0.05, 0.1) is 11.0 Å². The van der Waals surface area contributed by atoms with E-state index in [1.807, 2.05) is 0 Å². The van der Waals surface area contributed by atoms with Crippen molar-refractivity contribution in [3.05, 3.63) is 212 Å². The number of rotatable bonds is 6. The maximum absolute atomic E-state index is 2.87. The maximum Gasteiger partial charge on any atom is 0.180 e. The zero-order valence-corrected chi connectivity index (χ0v) is 29.7. The largest absolute Gasteiger partial charge is 0.309 e. The highest BCUT2D eigenvalue weighted by molar-refractivity contribution is 7.21. The van der Waals surface area contributed by atoms with Gasteiger partial charge < -0.3 is 4.57 Å². The number of hydrogen-bond acceptors (Lipinski definition) is 0. The molecule has 244 valence electrons. The van der Waals surface area contributed by atoms with Gasteiger partial charge in [-0.1, -0.05) is 182 Å². The van der Waals surface area contributed by atoms with E-state index in [9.17, 15) is 0 Å². The van der Waals surface area contributed by atoms with Gasteiger partial charge in [-0.25, -0.2) is 0 Å². The molecule has 1 heterocycles. The number of benzene rings is 9. The molecule has 0 spiro atoms. The second-order valence-corrected chi connectivity index (χ2v) is 17.3. The second-order valence-electron chi connectivity index (χ2n) is 13.6. The molecule has 0 unspecified atom stereocenters. The molecule has 2 heteroatoms. The highest BCUT2D eigenvalue weighted by atomic mass is 28.3. The van der Waals surface area contributed by atoms with Crippen LogP contribution < -0.4 is 20.7 Å². The van der Waals surface area contributed by atoms with Gasteiger partial charge in [0.15, 0.2) is 8.07 Å². The average molecular weight is 678 g/mol. The molecule has 9 aromatic carbocycles. The molecule has 0 N–H and O–H groups in total. The van der Waals surface area contributed by atoms with E-state index in [1.165, 1.54) is 80.9 Å². The lowest BCUT2D eigenvalue weighted by Gasteiger charge is -2.37. The number of aromatic nitrogens is 1. The van der Waals surface area contributed by atoms with Gasteiger partial charge >= 0.3 is 0 Å². The van der Waals surface area contributed by atoms with Crippen LogP contribution in [-0.4, -0.2) is 12.6 Å². The van der Waals surface area contributed by atoms with Crippen LogP contribution in [0, 0.1) is 0 Å². The smallest absolute Gasteiger partial charge is 0.180 e. The van der Waals surface area contributed by atoms with Gasteiger partial charge in [0, 0.05) is 16.5 Å². The van der Waals surface area contributed by atoms with Gasteiger partial charge in [0.25, 0.3) is 0 Å². The molecule has 0 saturated heterocycles. The topological polar surface area (TPSA) is 4.93 Å². The molecule has 0 aliphatic heterocycles. The van der Waals surface area contributed by atoms with Crippen LogP contribution in [0.15, 0.2) is 212 Å².